The van der Waals surface area contributed by atoms with Crippen molar-refractivity contribution in [1.82, 2.24) is 0 Å². The van der Waals surface area contributed by atoms with Gasteiger partial charge in [0, 0.05) is 0 Å². The molecule has 1 saturated carbocycles. The fourth-order valence-corrected chi connectivity index (χ4v) is 1.30. The smallest absolute Gasteiger partial charge is 0.169 e. The van der Waals surface area contributed by atoms with E-state index in [2.05, 4.69) is 9.44 Å². The predicted octanol–water partition coefficient (Wildman–Crippen LogP) is 1.12. The Morgan fingerprint density at radius 2 is 2.00 bits per heavy atom. The molecular weight excluding hydrogens is 166 g/mol. The minimum Gasteiger partial charge on any atom is -0.738 e. The van der Waals surface area contributed by atoms with Crippen LogP contribution < -0.4 is 0 Å². The molecule has 1 unspecified atom stereocenters. The summed E-state index contributed by atoms with van der Waals surface area (Å²) >= 11 is -2.50. The van der Waals surface area contributed by atoms with Crippen LogP contribution >= 0.6 is 0 Å². The van der Waals surface area contributed by atoms with E-state index in [0.717, 1.165) is 31.4 Å². The standard InChI is InChI=1S/C6H11NO3S/c8-11(9)10-7-6-4-2-1-3-5-6/h1-5H2,(H,8,9)/p-1. The molecule has 11 heavy (non-hydrogen) atoms. The average Bonchev–Trinajstić information content (AvgIpc) is 2.03. The monoisotopic (exact) mass is 176 g/mol. The van der Waals surface area contributed by atoms with Crippen LogP contribution in [-0.4, -0.2) is 14.5 Å². The normalized spacial score (nSPS) is 21.0. The Kier molecular flexibility index (Phi) is 3.51. The van der Waals surface area contributed by atoms with Gasteiger partial charge >= 0.3 is 0 Å². The first kappa shape index (κ1) is 8.67. The van der Waals surface area contributed by atoms with Crippen LogP contribution in [0.1, 0.15) is 32.1 Å². The van der Waals surface area contributed by atoms with Gasteiger partial charge in [0.05, 0.1) is 5.71 Å². The van der Waals surface area contributed by atoms with Gasteiger partial charge in [-0.2, -0.15) is 0 Å². The third-order valence-corrected chi connectivity index (χ3v) is 1.85. The van der Waals surface area contributed by atoms with Crippen LogP contribution in [0.25, 0.3) is 0 Å². The Bertz CT molecular complexity index is 173. The van der Waals surface area contributed by atoms with Gasteiger partial charge < -0.3 is 8.84 Å². The van der Waals surface area contributed by atoms with Gasteiger partial charge in [-0.25, -0.2) is 4.21 Å². The Balaban J connectivity index is 2.32. The molecule has 0 radical (unpaired) electrons. The predicted molar refractivity (Wildman–Crippen MR) is 40.5 cm³/mol. The minimum atomic E-state index is -2.50. The van der Waals surface area contributed by atoms with Crippen LogP contribution in [0.5, 0.6) is 0 Å². The van der Waals surface area contributed by atoms with Crippen molar-refractivity contribution in [3.05, 3.63) is 0 Å². The van der Waals surface area contributed by atoms with Crippen LogP contribution in [0.3, 0.4) is 0 Å². The van der Waals surface area contributed by atoms with Crippen LogP contribution in [-0.2, 0) is 15.6 Å². The van der Waals surface area contributed by atoms with E-state index in [1.165, 1.54) is 6.42 Å². The number of hydrogen-bond donors (Lipinski definition) is 0. The lowest BCUT2D eigenvalue weighted by molar-refractivity contribution is 0.314. The average molecular weight is 176 g/mol. The first-order valence-corrected chi connectivity index (χ1v) is 4.61. The summed E-state index contributed by atoms with van der Waals surface area (Å²) in [5.74, 6) is 0. The summed E-state index contributed by atoms with van der Waals surface area (Å²) in [4.78, 5) is 0. The molecule has 1 fully saturated rings. The molecule has 1 aliphatic carbocycles. The summed E-state index contributed by atoms with van der Waals surface area (Å²) in [5, 5.41) is 3.49. The van der Waals surface area contributed by atoms with Crippen molar-refractivity contribution in [1.29, 1.82) is 0 Å². The quantitative estimate of drug-likeness (QED) is 0.468. The number of oxime groups is 1. The van der Waals surface area contributed by atoms with Crippen molar-refractivity contribution in [3.8, 4) is 0 Å². The zero-order valence-corrected chi connectivity index (χ0v) is 6.93. The van der Waals surface area contributed by atoms with Gasteiger partial charge in [0.1, 0.15) is 0 Å². The molecule has 0 aromatic carbocycles. The summed E-state index contributed by atoms with van der Waals surface area (Å²) < 4.78 is 23.9. The lowest BCUT2D eigenvalue weighted by Gasteiger charge is -2.11. The van der Waals surface area contributed by atoms with Gasteiger partial charge in [-0.3, -0.25) is 0 Å². The van der Waals surface area contributed by atoms with Crippen molar-refractivity contribution < 1.29 is 13.0 Å². The Morgan fingerprint density at radius 1 is 1.36 bits per heavy atom. The number of rotatable bonds is 2. The molecule has 0 N–H and O–H groups in total. The maximum Gasteiger partial charge on any atom is 0.169 e. The second-order valence-corrected chi connectivity index (χ2v) is 3.05. The number of nitrogens with zero attached hydrogens (tertiary/aromatic N) is 1. The van der Waals surface area contributed by atoms with E-state index in [-0.39, 0.29) is 0 Å². The Hall–Kier alpha value is -0.420. The highest BCUT2D eigenvalue weighted by atomic mass is 32.2. The van der Waals surface area contributed by atoms with Crippen LogP contribution in [0.2, 0.25) is 0 Å². The van der Waals surface area contributed by atoms with Gasteiger partial charge in [-0.15, -0.1) is 0 Å². The van der Waals surface area contributed by atoms with Crippen molar-refractivity contribution in [2.75, 3.05) is 0 Å². The van der Waals surface area contributed by atoms with E-state index < -0.39 is 11.4 Å². The maximum absolute atomic E-state index is 9.91. The molecule has 0 aromatic heterocycles. The van der Waals surface area contributed by atoms with Crippen molar-refractivity contribution >= 4 is 17.1 Å². The highest BCUT2D eigenvalue weighted by Crippen LogP contribution is 2.14. The number of hydrogen-bond acceptors (Lipinski definition) is 4. The van der Waals surface area contributed by atoms with Crippen molar-refractivity contribution in [3.63, 3.8) is 0 Å². The zero-order valence-electron chi connectivity index (χ0n) is 6.12. The van der Waals surface area contributed by atoms with E-state index in [4.69, 9.17) is 0 Å². The lowest BCUT2D eigenvalue weighted by atomic mass is 9.99. The molecule has 1 aliphatic rings. The molecule has 5 heteroatoms. The molecule has 0 aliphatic heterocycles. The largest absolute Gasteiger partial charge is 0.738 e. The van der Waals surface area contributed by atoms with Crippen molar-refractivity contribution in [2.45, 2.75) is 32.1 Å². The third-order valence-electron chi connectivity index (χ3n) is 1.66. The van der Waals surface area contributed by atoms with Gasteiger partial charge in [0.15, 0.2) is 11.4 Å². The fraction of sp³-hybridized carbons (Fsp3) is 0.833. The van der Waals surface area contributed by atoms with Crippen LogP contribution in [0, 0.1) is 0 Å². The Morgan fingerprint density at radius 3 is 2.55 bits per heavy atom. The van der Waals surface area contributed by atoms with E-state index in [1.807, 2.05) is 0 Å². The molecule has 0 saturated heterocycles. The van der Waals surface area contributed by atoms with Gasteiger partial charge in [-0.05, 0) is 25.7 Å². The van der Waals surface area contributed by atoms with Crippen LogP contribution in [0.4, 0.5) is 0 Å². The highest BCUT2D eigenvalue weighted by molar-refractivity contribution is 7.74. The molecule has 0 spiro atoms. The fourth-order valence-electron chi connectivity index (χ4n) is 1.13. The second kappa shape index (κ2) is 4.46. The summed E-state index contributed by atoms with van der Waals surface area (Å²) in [5.41, 5.74) is 0.862. The molecular formula is C6H10NO3S-. The van der Waals surface area contributed by atoms with E-state index in [0.29, 0.717) is 0 Å². The molecule has 64 valence electrons. The maximum atomic E-state index is 9.91. The zero-order chi connectivity index (χ0) is 8.10. The van der Waals surface area contributed by atoms with Crippen LogP contribution in [0.15, 0.2) is 5.16 Å². The Labute approximate surface area is 68.1 Å². The topological polar surface area (TPSA) is 61.7 Å². The molecule has 0 bridgehead atoms. The van der Waals surface area contributed by atoms with Gasteiger partial charge in [-0.1, -0.05) is 11.6 Å². The first-order chi connectivity index (χ1) is 5.29. The summed E-state index contributed by atoms with van der Waals surface area (Å²) in [6.07, 6.45) is 5.13. The first-order valence-electron chi connectivity index (χ1n) is 3.61. The van der Waals surface area contributed by atoms with Gasteiger partial charge in [0.2, 0.25) is 0 Å². The summed E-state index contributed by atoms with van der Waals surface area (Å²) in [6, 6.07) is 0. The SMILES string of the molecule is O=S([O-])ON=C1CCCCC1. The third kappa shape index (κ3) is 3.48. The highest BCUT2D eigenvalue weighted by Gasteiger charge is 2.06. The van der Waals surface area contributed by atoms with E-state index >= 15 is 0 Å². The summed E-state index contributed by atoms with van der Waals surface area (Å²) in [7, 11) is 0. The molecule has 0 amide bonds. The molecule has 0 heterocycles. The van der Waals surface area contributed by atoms with Crippen molar-refractivity contribution in [2.24, 2.45) is 5.16 Å². The minimum absolute atomic E-state index is 0.862. The van der Waals surface area contributed by atoms with E-state index in [1.54, 1.807) is 0 Å². The molecule has 1 atom stereocenters. The van der Waals surface area contributed by atoms with E-state index in [9.17, 15) is 8.76 Å². The molecule has 1 rings (SSSR count). The van der Waals surface area contributed by atoms with Gasteiger partial charge in [0.25, 0.3) is 0 Å². The molecule has 4 nitrogen and oxygen atoms in total. The molecule has 0 aromatic rings. The lowest BCUT2D eigenvalue weighted by Crippen LogP contribution is -2.05. The second-order valence-electron chi connectivity index (χ2n) is 2.50. The summed E-state index contributed by atoms with van der Waals surface area (Å²) in [6.45, 7) is 0.